The Kier molecular flexibility index (Phi) is 4.21. The van der Waals surface area contributed by atoms with Gasteiger partial charge in [0, 0.05) is 24.2 Å². The maximum atomic E-state index is 12.5. The summed E-state index contributed by atoms with van der Waals surface area (Å²) in [5.74, 6) is -1.50. The number of likely N-dealkylation sites (tertiary alicyclic amines) is 1. The van der Waals surface area contributed by atoms with Crippen molar-refractivity contribution in [3.63, 3.8) is 0 Å². The molecule has 1 heterocycles. The summed E-state index contributed by atoms with van der Waals surface area (Å²) in [6, 6.07) is 3.26. The molecule has 1 aliphatic rings. The van der Waals surface area contributed by atoms with Crippen molar-refractivity contribution < 1.29 is 19.6 Å². The molecule has 112 valence electrons. The molecule has 0 bridgehead atoms. The molecule has 0 radical (unpaired) electrons. The van der Waals surface area contributed by atoms with Crippen LogP contribution in [0.1, 0.15) is 35.2 Å². The van der Waals surface area contributed by atoms with Gasteiger partial charge in [0.2, 0.25) is 0 Å². The molecule has 0 saturated carbocycles. The Hall–Kier alpha value is -2.44. The number of hydrogen-bond donors (Lipinski definition) is 1. The maximum Gasteiger partial charge on any atom is 0.326 e. The molecule has 0 aromatic heterocycles. The first-order valence-corrected chi connectivity index (χ1v) is 6.70. The Morgan fingerprint density at radius 2 is 2.05 bits per heavy atom. The summed E-state index contributed by atoms with van der Waals surface area (Å²) in [6.07, 6.45) is 1.91. The van der Waals surface area contributed by atoms with Gasteiger partial charge in [-0.1, -0.05) is 0 Å². The molecule has 1 amide bonds. The summed E-state index contributed by atoms with van der Waals surface area (Å²) in [7, 11) is 0. The Balaban J connectivity index is 2.34. The van der Waals surface area contributed by atoms with Crippen molar-refractivity contribution >= 4 is 17.6 Å². The number of nitro groups is 1. The van der Waals surface area contributed by atoms with Crippen molar-refractivity contribution in [2.24, 2.45) is 0 Å². The highest BCUT2D eigenvalue weighted by molar-refractivity contribution is 5.97. The topological polar surface area (TPSA) is 101 Å². The molecule has 2 rings (SSSR count). The second-order valence-corrected chi connectivity index (χ2v) is 5.16. The third-order valence-electron chi connectivity index (χ3n) is 3.57. The molecular formula is C14H16N2O5. The highest BCUT2D eigenvalue weighted by Gasteiger charge is 2.32. The number of non-ortho nitro benzene ring substituents is 1. The quantitative estimate of drug-likeness (QED) is 0.678. The van der Waals surface area contributed by atoms with E-state index < -0.39 is 22.8 Å². The minimum Gasteiger partial charge on any atom is -0.480 e. The number of benzene rings is 1. The molecule has 1 aromatic rings. The molecule has 7 nitrogen and oxygen atoms in total. The molecule has 0 aliphatic carbocycles. The SMILES string of the molecule is Cc1cc(C(=O)N2CCCC[C@H]2C(=O)O)cc([N+](=O)[O-])c1. The van der Waals surface area contributed by atoms with Gasteiger partial charge in [-0.15, -0.1) is 0 Å². The molecule has 7 heteroatoms. The van der Waals surface area contributed by atoms with E-state index in [9.17, 15) is 24.8 Å². The van der Waals surface area contributed by atoms with Gasteiger partial charge in [0.1, 0.15) is 6.04 Å². The van der Waals surface area contributed by atoms with E-state index in [-0.39, 0.29) is 11.3 Å². The van der Waals surface area contributed by atoms with Crippen LogP contribution in [0.2, 0.25) is 0 Å². The normalized spacial score (nSPS) is 18.3. The lowest BCUT2D eigenvalue weighted by Crippen LogP contribution is -2.48. The van der Waals surface area contributed by atoms with Crippen LogP contribution in [0.15, 0.2) is 18.2 Å². The number of carbonyl (C=O) groups is 2. The standard InChI is InChI=1S/C14H16N2O5/c1-9-6-10(8-11(7-9)16(20)21)13(17)15-5-3-2-4-12(15)14(18)19/h6-8,12H,2-5H2,1H3,(H,18,19)/t12-/m0/s1. The zero-order valence-corrected chi connectivity index (χ0v) is 11.6. The molecule has 1 atom stereocenters. The summed E-state index contributed by atoms with van der Waals surface area (Å²) in [4.78, 5) is 35.3. The second kappa shape index (κ2) is 5.90. The number of amides is 1. The number of nitro benzene ring substituents is 1. The van der Waals surface area contributed by atoms with Gasteiger partial charge in [0.15, 0.2) is 0 Å². The van der Waals surface area contributed by atoms with Crippen molar-refractivity contribution in [1.29, 1.82) is 0 Å². The average Bonchev–Trinajstić information content (AvgIpc) is 2.45. The minimum atomic E-state index is -1.04. The highest BCUT2D eigenvalue weighted by atomic mass is 16.6. The van der Waals surface area contributed by atoms with Crippen LogP contribution < -0.4 is 0 Å². The molecule has 0 spiro atoms. The third kappa shape index (κ3) is 3.18. The van der Waals surface area contributed by atoms with Crippen molar-refractivity contribution in [2.75, 3.05) is 6.54 Å². The molecule has 1 fully saturated rings. The number of nitrogens with zero attached hydrogens (tertiary/aromatic N) is 2. The van der Waals surface area contributed by atoms with E-state index in [0.717, 1.165) is 12.8 Å². The second-order valence-electron chi connectivity index (χ2n) is 5.16. The van der Waals surface area contributed by atoms with E-state index in [1.165, 1.54) is 17.0 Å². The molecular weight excluding hydrogens is 276 g/mol. The predicted molar refractivity (Wildman–Crippen MR) is 74.1 cm³/mol. The average molecular weight is 292 g/mol. The number of carboxylic acid groups (broad SMARTS) is 1. The van der Waals surface area contributed by atoms with Gasteiger partial charge in [-0.25, -0.2) is 4.79 Å². The molecule has 1 aliphatic heterocycles. The molecule has 21 heavy (non-hydrogen) atoms. The summed E-state index contributed by atoms with van der Waals surface area (Å²) in [5.41, 5.74) is 0.591. The molecule has 1 aromatic carbocycles. The van der Waals surface area contributed by atoms with E-state index in [2.05, 4.69) is 0 Å². The number of aryl methyl sites for hydroxylation is 1. The van der Waals surface area contributed by atoms with Crippen molar-refractivity contribution in [3.8, 4) is 0 Å². The van der Waals surface area contributed by atoms with E-state index >= 15 is 0 Å². The van der Waals surface area contributed by atoms with Crippen LogP contribution >= 0.6 is 0 Å². The number of carboxylic acids is 1. The van der Waals surface area contributed by atoms with Gasteiger partial charge in [0.25, 0.3) is 11.6 Å². The van der Waals surface area contributed by atoms with Crippen LogP contribution in [0.5, 0.6) is 0 Å². The lowest BCUT2D eigenvalue weighted by molar-refractivity contribution is -0.384. The number of aliphatic carboxylic acids is 1. The van der Waals surface area contributed by atoms with E-state index in [1.807, 2.05) is 0 Å². The lowest BCUT2D eigenvalue weighted by Gasteiger charge is -2.33. The zero-order chi connectivity index (χ0) is 15.6. The van der Waals surface area contributed by atoms with E-state index in [0.29, 0.717) is 18.5 Å². The van der Waals surface area contributed by atoms with Gasteiger partial charge in [-0.05, 0) is 37.8 Å². The van der Waals surface area contributed by atoms with Crippen LogP contribution in [-0.2, 0) is 4.79 Å². The molecule has 1 N–H and O–H groups in total. The fraction of sp³-hybridized carbons (Fsp3) is 0.429. The Bertz CT molecular complexity index is 599. The maximum absolute atomic E-state index is 12.5. The fourth-order valence-corrected chi connectivity index (χ4v) is 2.59. The predicted octanol–water partition coefficient (Wildman–Crippen LogP) is 1.98. The smallest absolute Gasteiger partial charge is 0.326 e. The van der Waals surface area contributed by atoms with Crippen LogP contribution in [0.25, 0.3) is 0 Å². The number of carbonyl (C=O) groups excluding carboxylic acids is 1. The Morgan fingerprint density at radius 3 is 2.67 bits per heavy atom. The Morgan fingerprint density at radius 1 is 1.33 bits per heavy atom. The first-order chi connectivity index (χ1) is 9.90. The molecule has 0 unspecified atom stereocenters. The number of piperidine rings is 1. The van der Waals surface area contributed by atoms with Crippen LogP contribution in [0.3, 0.4) is 0 Å². The monoisotopic (exact) mass is 292 g/mol. The van der Waals surface area contributed by atoms with Gasteiger partial charge in [-0.2, -0.15) is 0 Å². The largest absolute Gasteiger partial charge is 0.480 e. The minimum absolute atomic E-state index is 0.162. The zero-order valence-electron chi connectivity index (χ0n) is 11.6. The van der Waals surface area contributed by atoms with Gasteiger partial charge >= 0.3 is 5.97 Å². The lowest BCUT2D eigenvalue weighted by atomic mass is 10.00. The first kappa shape index (κ1) is 15.0. The van der Waals surface area contributed by atoms with Crippen LogP contribution in [0.4, 0.5) is 5.69 Å². The Labute approximate surface area is 121 Å². The van der Waals surface area contributed by atoms with Crippen LogP contribution in [-0.4, -0.2) is 39.4 Å². The summed E-state index contributed by atoms with van der Waals surface area (Å²) in [5, 5.41) is 20.1. The fourth-order valence-electron chi connectivity index (χ4n) is 2.59. The van der Waals surface area contributed by atoms with Gasteiger partial charge in [0.05, 0.1) is 4.92 Å². The van der Waals surface area contributed by atoms with Gasteiger partial charge < -0.3 is 10.0 Å². The first-order valence-electron chi connectivity index (χ1n) is 6.70. The van der Waals surface area contributed by atoms with Crippen molar-refractivity contribution in [1.82, 2.24) is 4.90 Å². The van der Waals surface area contributed by atoms with Crippen molar-refractivity contribution in [2.45, 2.75) is 32.2 Å². The summed E-state index contributed by atoms with van der Waals surface area (Å²) < 4.78 is 0. The summed E-state index contributed by atoms with van der Waals surface area (Å²) in [6.45, 7) is 2.02. The third-order valence-corrected chi connectivity index (χ3v) is 3.57. The number of hydrogen-bond acceptors (Lipinski definition) is 4. The summed E-state index contributed by atoms with van der Waals surface area (Å²) >= 11 is 0. The number of rotatable bonds is 3. The van der Waals surface area contributed by atoms with Gasteiger partial charge in [-0.3, -0.25) is 14.9 Å². The highest BCUT2D eigenvalue weighted by Crippen LogP contribution is 2.23. The van der Waals surface area contributed by atoms with Crippen molar-refractivity contribution in [3.05, 3.63) is 39.4 Å². The van der Waals surface area contributed by atoms with Crippen LogP contribution in [0, 0.1) is 17.0 Å². The van der Waals surface area contributed by atoms with E-state index in [1.54, 1.807) is 13.0 Å². The molecule has 1 saturated heterocycles. The van der Waals surface area contributed by atoms with E-state index in [4.69, 9.17) is 0 Å².